The van der Waals surface area contributed by atoms with E-state index in [1.54, 1.807) is 0 Å². The lowest BCUT2D eigenvalue weighted by Gasteiger charge is -2.09. The number of rotatable bonds is 5. The van der Waals surface area contributed by atoms with Crippen LogP contribution in [0.25, 0.3) is 0 Å². The molecular weight excluding hydrogens is 356 g/mol. The Bertz CT molecular complexity index is 624. The van der Waals surface area contributed by atoms with Gasteiger partial charge in [-0.2, -0.15) is 8.42 Å². The average Bonchev–Trinajstić information content (AvgIpc) is 2.26. The Kier molecular flexibility index (Phi) is 5.66. The number of hydrogen-bond donors (Lipinski definition) is 1. The Labute approximate surface area is 123 Å². The molecule has 0 saturated heterocycles. The van der Waals surface area contributed by atoms with Gasteiger partial charge in [0.05, 0.1) is 0 Å². The molecule has 1 aromatic carbocycles. The quantitative estimate of drug-likeness (QED) is 0.476. The first-order chi connectivity index (χ1) is 9.19. The third-order valence-electron chi connectivity index (χ3n) is 1.99. The van der Waals surface area contributed by atoms with Gasteiger partial charge < -0.3 is 9.47 Å². The SMILES string of the molecule is CC(=O)Oc1cc(Br)ccc1C(=O)OCCS(=O)(=O)O. The van der Waals surface area contributed by atoms with Gasteiger partial charge in [-0.1, -0.05) is 15.9 Å². The van der Waals surface area contributed by atoms with Crippen molar-refractivity contribution < 1.29 is 32.0 Å². The summed E-state index contributed by atoms with van der Waals surface area (Å²) in [7, 11) is -4.21. The second-order valence-corrected chi connectivity index (χ2v) is 6.14. The molecule has 0 heterocycles. The van der Waals surface area contributed by atoms with E-state index in [9.17, 15) is 18.0 Å². The highest BCUT2D eigenvalue weighted by Gasteiger charge is 2.17. The van der Waals surface area contributed by atoms with Crippen molar-refractivity contribution in [3.8, 4) is 5.75 Å². The third-order valence-corrected chi connectivity index (χ3v) is 3.17. The number of ether oxygens (including phenoxy) is 2. The monoisotopic (exact) mass is 366 g/mol. The molecule has 0 atom stereocenters. The van der Waals surface area contributed by atoms with Crippen LogP contribution in [-0.2, 0) is 19.6 Å². The molecular formula is C11H11BrO7S. The predicted molar refractivity (Wildman–Crippen MR) is 72.1 cm³/mol. The normalized spacial score (nSPS) is 10.9. The number of esters is 2. The van der Waals surface area contributed by atoms with Gasteiger partial charge in [0.1, 0.15) is 23.7 Å². The van der Waals surface area contributed by atoms with Crippen LogP contribution in [0.3, 0.4) is 0 Å². The Balaban J connectivity index is 2.84. The van der Waals surface area contributed by atoms with Gasteiger partial charge in [0.25, 0.3) is 10.1 Å². The molecule has 0 saturated carbocycles. The smallest absolute Gasteiger partial charge is 0.341 e. The predicted octanol–water partition coefficient (Wildman–Crippen LogP) is 1.42. The maximum atomic E-state index is 11.7. The summed E-state index contributed by atoms with van der Waals surface area (Å²) >= 11 is 3.16. The molecule has 0 aliphatic rings. The Morgan fingerprint density at radius 2 is 2.00 bits per heavy atom. The first kappa shape index (κ1) is 16.6. The largest absolute Gasteiger partial charge is 0.461 e. The molecule has 7 nitrogen and oxygen atoms in total. The zero-order valence-corrected chi connectivity index (χ0v) is 12.7. The minimum Gasteiger partial charge on any atom is -0.461 e. The lowest BCUT2D eigenvalue weighted by Crippen LogP contribution is -2.16. The summed E-state index contributed by atoms with van der Waals surface area (Å²) in [5.41, 5.74) is -0.0289. The van der Waals surface area contributed by atoms with E-state index in [0.717, 1.165) is 0 Å². The van der Waals surface area contributed by atoms with Gasteiger partial charge in [0.15, 0.2) is 0 Å². The highest BCUT2D eigenvalue weighted by Crippen LogP contribution is 2.24. The van der Waals surface area contributed by atoms with Gasteiger partial charge in [0, 0.05) is 11.4 Å². The van der Waals surface area contributed by atoms with Gasteiger partial charge in [-0.05, 0) is 18.2 Å². The molecule has 0 spiro atoms. The Morgan fingerprint density at radius 3 is 2.55 bits per heavy atom. The highest BCUT2D eigenvalue weighted by atomic mass is 79.9. The summed E-state index contributed by atoms with van der Waals surface area (Å²) in [5.74, 6) is -2.20. The van der Waals surface area contributed by atoms with Gasteiger partial charge in [-0.25, -0.2) is 4.79 Å². The van der Waals surface area contributed by atoms with Crippen molar-refractivity contribution in [3.05, 3.63) is 28.2 Å². The minimum absolute atomic E-state index is 0.0104. The Hall–Kier alpha value is -1.45. The zero-order valence-electron chi connectivity index (χ0n) is 10.3. The van der Waals surface area contributed by atoms with Gasteiger partial charge in [0.2, 0.25) is 0 Å². The lowest BCUT2D eigenvalue weighted by atomic mass is 10.2. The topological polar surface area (TPSA) is 107 Å². The van der Waals surface area contributed by atoms with Crippen LogP contribution in [0, 0.1) is 0 Å². The second kappa shape index (κ2) is 6.82. The summed E-state index contributed by atoms with van der Waals surface area (Å²) in [6.07, 6.45) is 0. The van der Waals surface area contributed by atoms with Crippen molar-refractivity contribution in [2.75, 3.05) is 12.4 Å². The van der Waals surface area contributed by atoms with Crippen LogP contribution in [-0.4, -0.2) is 37.3 Å². The van der Waals surface area contributed by atoms with Crippen LogP contribution in [0.4, 0.5) is 0 Å². The van der Waals surface area contributed by atoms with Crippen molar-refractivity contribution in [2.24, 2.45) is 0 Å². The number of carbonyl (C=O) groups is 2. The maximum Gasteiger partial charge on any atom is 0.341 e. The van der Waals surface area contributed by atoms with Gasteiger partial charge in [-0.3, -0.25) is 9.35 Å². The van der Waals surface area contributed by atoms with Crippen LogP contribution in [0.15, 0.2) is 22.7 Å². The molecule has 0 aliphatic carbocycles. The molecule has 9 heteroatoms. The number of hydrogen-bond acceptors (Lipinski definition) is 6. The van der Waals surface area contributed by atoms with E-state index < -0.39 is 34.4 Å². The van der Waals surface area contributed by atoms with E-state index in [1.165, 1.54) is 25.1 Å². The van der Waals surface area contributed by atoms with E-state index in [2.05, 4.69) is 20.7 Å². The standard InChI is InChI=1S/C11H11BrO7S/c1-7(13)19-10-6-8(12)2-3-9(10)11(14)18-4-5-20(15,16)17/h2-3,6H,4-5H2,1H3,(H,15,16,17). The molecule has 1 aromatic rings. The van der Waals surface area contributed by atoms with E-state index in [0.29, 0.717) is 4.47 Å². The second-order valence-electron chi connectivity index (χ2n) is 3.66. The highest BCUT2D eigenvalue weighted by molar-refractivity contribution is 9.10. The summed E-state index contributed by atoms with van der Waals surface area (Å²) in [5, 5.41) is 0. The van der Waals surface area contributed by atoms with E-state index >= 15 is 0 Å². The molecule has 20 heavy (non-hydrogen) atoms. The van der Waals surface area contributed by atoms with Crippen molar-refractivity contribution in [1.29, 1.82) is 0 Å². The van der Waals surface area contributed by atoms with Crippen molar-refractivity contribution in [3.63, 3.8) is 0 Å². The van der Waals surface area contributed by atoms with Crippen LogP contribution < -0.4 is 4.74 Å². The van der Waals surface area contributed by atoms with Crippen LogP contribution in [0.1, 0.15) is 17.3 Å². The van der Waals surface area contributed by atoms with Crippen molar-refractivity contribution >= 4 is 38.0 Å². The average molecular weight is 367 g/mol. The van der Waals surface area contributed by atoms with E-state index in [-0.39, 0.29) is 11.3 Å². The number of carbonyl (C=O) groups excluding carboxylic acids is 2. The number of halogens is 1. The summed E-state index contributed by atoms with van der Waals surface area (Å²) in [6.45, 7) is 0.668. The van der Waals surface area contributed by atoms with E-state index in [1.807, 2.05) is 0 Å². The molecule has 0 amide bonds. The van der Waals surface area contributed by atoms with Gasteiger partial charge >= 0.3 is 11.9 Å². The summed E-state index contributed by atoms with van der Waals surface area (Å²) in [6, 6.07) is 4.30. The molecule has 0 fully saturated rings. The summed E-state index contributed by atoms with van der Waals surface area (Å²) in [4.78, 5) is 22.7. The van der Waals surface area contributed by atoms with Crippen molar-refractivity contribution in [2.45, 2.75) is 6.92 Å². The Morgan fingerprint density at radius 1 is 1.35 bits per heavy atom. The zero-order chi connectivity index (χ0) is 15.3. The molecule has 0 aliphatic heterocycles. The molecule has 110 valence electrons. The van der Waals surface area contributed by atoms with Crippen LogP contribution >= 0.6 is 15.9 Å². The van der Waals surface area contributed by atoms with Crippen LogP contribution in [0.5, 0.6) is 5.75 Å². The third kappa shape index (κ3) is 5.68. The molecule has 0 radical (unpaired) electrons. The fourth-order valence-electron chi connectivity index (χ4n) is 1.22. The lowest BCUT2D eigenvalue weighted by molar-refractivity contribution is -0.131. The first-order valence-corrected chi connectivity index (χ1v) is 7.69. The molecule has 1 rings (SSSR count). The fraction of sp³-hybridized carbons (Fsp3) is 0.273. The fourth-order valence-corrected chi connectivity index (χ4v) is 1.86. The minimum atomic E-state index is -4.21. The first-order valence-electron chi connectivity index (χ1n) is 5.29. The van der Waals surface area contributed by atoms with Gasteiger partial charge in [-0.15, -0.1) is 0 Å². The van der Waals surface area contributed by atoms with E-state index in [4.69, 9.17) is 9.29 Å². The number of benzene rings is 1. The molecule has 0 bridgehead atoms. The maximum absolute atomic E-state index is 11.7. The van der Waals surface area contributed by atoms with Crippen LogP contribution in [0.2, 0.25) is 0 Å². The van der Waals surface area contributed by atoms with Crippen molar-refractivity contribution in [1.82, 2.24) is 0 Å². The summed E-state index contributed by atoms with van der Waals surface area (Å²) < 4.78 is 39.6. The molecule has 0 unspecified atom stereocenters. The molecule has 0 aromatic heterocycles. The molecule has 1 N–H and O–H groups in total.